The summed E-state index contributed by atoms with van der Waals surface area (Å²) in [6, 6.07) is 9.48. The van der Waals surface area contributed by atoms with Crippen molar-refractivity contribution in [2.75, 3.05) is 29.5 Å². The molecule has 2 aromatic carbocycles. The number of sulfonamides is 2. The Labute approximate surface area is 164 Å². The third-order valence-corrected chi connectivity index (χ3v) is 6.55. The molecular weight excluding hydrogens is 402 g/mol. The van der Waals surface area contributed by atoms with Crippen LogP contribution in [0.2, 0.25) is 0 Å². The molecule has 0 saturated heterocycles. The van der Waals surface area contributed by atoms with Crippen molar-refractivity contribution in [2.24, 2.45) is 0 Å². The normalized spacial score (nSPS) is 14.0. The Morgan fingerprint density at radius 1 is 1.07 bits per heavy atom. The van der Waals surface area contributed by atoms with Crippen molar-refractivity contribution < 1.29 is 21.6 Å². The largest absolute Gasteiger partial charge is 0.308 e. The van der Waals surface area contributed by atoms with Crippen LogP contribution in [0, 0.1) is 6.92 Å². The number of carbonyl (C=O) groups excluding carboxylic acids is 1. The molecule has 10 heteroatoms. The van der Waals surface area contributed by atoms with E-state index < -0.39 is 20.0 Å². The molecule has 0 aromatic heterocycles. The number of hydrogen-bond donors (Lipinski definition) is 2. The van der Waals surface area contributed by atoms with Gasteiger partial charge in [0.15, 0.2) is 0 Å². The standard InChI is InChI=1S/C18H21N3O5S2/c1-12-4-5-14(11-16(12)20-27(3,23)24)18(22)21-9-8-13-10-15(6-7-17(13)21)28(25,26)19-2/h4-7,10-11,19-20H,8-9H2,1-3H3. The first-order valence-corrected chi connectivity index (χ1v) is 11.9. The monoisotopic (exact) mass is 423 g/mol. The van der Waals surface area contributed by atoms with E-state index in [0.29, 0.717) is 35.5 Å². The topological polar surface area (TPSA) is 113 Å². The first-order chi connectivity index (χ1) is 13.0. The zero-order valence-corrected chi connectivity index (χ0v) is 17.3. The predicted molar refractivity (Wildman–Crippen MR) is 108 cm³/mol. The van der Waals surface area contributed by atoms with Crippen molar-refractivity contribution in [1.29, 1.82) is 0 Å². The van der Waals surface area contributed by atoms with Crippen LogP contribution in [0.1, 0.15) is 21.5 Å². The van der Waals surface area contributed by atoms with Gasteiger partial charge in [0, 0.05) is 17.8 Å². The molecule has 1 aliphatic rings. The zero-order chi connectivity index (χ0) is 20.7. The van der Waals surface area contributed by atoms with Gasteiger partial charge in [-0.25, -0.2) is 21.6 Å². The van der Waals surface area contributed by atoms with E-state index in [2.05, 4.69) is 9.44 Å². The lowest BCUT2D eigenvalue weighted by Gasteiger charge is -2.19. The van der Waals surface area contributed by atoms with Crippen LogP contribution < -0.4 is 14.3 Å². The number of nitrogens with zero attached hydrogens (tertiary/aromatic N) is 1. The quantitative estimate of drug-likeness (QED) is 0.756. The lowest BCUT2D eigenvalue weighted by Crippen LogP contribution is -2.29. The van der Waals surface area contributed by atoms with Gasteiger partial charge in [0.25, 0.3) is 5.91 Å². The van der Waals surface area contributed by atoms with Crippen LogP contribution >= 0.6 is 0 Å². The molecule has 0 atom stereocenters. The molecule has 1 amide bonds. The van der Waals surface area contributed by atoms with Crippen molar-refractivity contribution in [1.82, 2.24) is 4.72 Å². The summed E-state index contributed by atoms with van der Waals surface area (Å²) in [6.07, 6.45) is 1.59. The van der Waals surface area contributed by atoms with Gasteiger partial charge in [-0.15, -0.1) is 0 Å². The summed E-state index contributed by atoms with van der Waals surface area (Å²) in [5, 5.41) is 0. The maximum absolute atomic E-state index is 13.0. The molecule has 8 nitrogen and oxygen atoms in total. The number of rotatable bonds is 5. The Morgan fingerprint density at radius 3 is 2.43 bits per heavy atom. The fourth-order valence-corrected chi connectivity index (χ4v) is 4.49. The highest BCUT2D eigenvalue weighted by Crippen LogP contribution is 2.32. The average molecular weight is 424 g/mol. The Bertz CT molecular complexity index is 1160. The summed E-state index contributed by atoms with van der Waals surface area (Å²) in [5.74, 6) is -0.278. The molecule has 0 saturated carbocycles. The second kappa shape index (κ2) is 7.19. The van der Waals surface area contributed by atoms with Gasteiger partial charge >= 0.3 is 0 Å². The van der Waals surface area contributed by atoms with Crippen LogP contribution in [0.3, 0.4) is 0 Å². The highest BCUT2D eigenvalue weighted by atomic mass is 32.2. The van der Waals surface area contributed by atoms with Gasteiger partial charge in [0.1, 0.15) is 0 Å². The number of hydrogen-bond acceptors (Lipinski definition) is 5. The summed E-state index contributed by atoms with van der Waals surface area (Å²) >= 11 is 0. The molecule has 3 rings (SSSR count). The second-order valence-corrected chi connectivity index (χ2v) is 10.2. The molecular formula is C18H21N3O5S2. The summed E-state index contributed by atoms with van der Waals surface area (Å²) < 4.78 is 51.7. The third kappa shape index (κ3) is 4.03. The van der Waals surface area contributed by atoms with Crippen LogP contribution in [0.15, 0.2) is 41.3 Å². The Balaban J connectivity index is 1.93. The molecule has 2 aromatic rings. The summed E-state index contributed by atoms with van der Waals surface area (Å²) in [5.41, 5.74) is 2.81. The minimum Gasteiger partial charge on any atom is -0.308 e. The first-order valence-electron chi connectivity index (χ1n) is 8.48. The van der Waals surface area contributed by atoms with E-state index in [9.17, 15) is 21.6 Å². The number of anilines is 2. The van der Waals surface area contributed by atoms with Crippen LogP contribution in [0.5, 0.6) is 0 Å². The van der Waals surface area contributed by atoms with E-state index in [1.807, 2.05) is 0 Å². The third-order valence-electron chi connectivity index (χ3n) is 4.55. The van der Waals surface area contributed by atoms with Gasteiger partial charge in [0.05, 0.1) is 16.8 Å². The molecule has 0 aliphatic carbocycles. The van der Waals surface area contributed by atoms with E-state index in [0.717, 1.165) is 11.8 Å². The van der Waals surface area contributed by atoms with Gasteiger partial charge in [-0.1, -0.05) is 6.07 Å². The molecule has 28 heavy (non-hydrogen) atoms. The molecule has 2 N–H and O–H groups in total. The molecule has 0 spiro atoms. The molecule has 0 bridgehead atoms. The van der Waals surface area contributed by atoms with Crippen molar-refractivity contribution >= 4 is 37.3 Å². The van der Waals surface area contributed by atoms with E-state index in [1.54, 1.807) is 36.1 Å². The molecule has 1 aliphatic heterocycles. The van der Waals surface area contributed by atoms with Crippen LogP contribution in [-0.4, -0.2) is 42.6 Å². The van der Waals surface area contributed by atoms with Crippen molar-refractivity contribution in [3.05, 3.63) is 53.1 Å². The van der Waals surface area contributed by atoms with Gasteiger partial charge in [-0.3, -0.25) is 9.52 Å². The van der Waals surface area contributed by atoms with Crippen LogP contribution in [-0.2, 0) is 26.5 Å². The van der Waals surface area contributed by atoms with Gasteiger partial charge in [-0.05, 0) is 61.9 Å². The Hall–Kier alpha value is -2.43. The number of carbonyl (C=O) groups is 1. The first kappa shape index (κ1) is 20.3. The number of aryl methyl sites for hydroxylation is 1. The van der Waals surface area contributed by atoms with Gasteiger partial charge < -0.3 is 4.90 Å². The van der Waals surface area contributed by atoms with E-state index >= 15 is 0 Å². The smallest absolute Gasteiger partial charge is 0.258 e. The highest BCUT2D eigenvalue weighted by Gasteiger charge is 2.27. The maximum atomic E-state index is 13.0. The van der Waals surface area contributed by atoms with E-state index in [1.165, 1.54) is 19.2 Å². The molecule has 150 valence electrons. The summed E-state index contributed by atoms with van der Waals surface area (Å²) in [4.78, 5) is 14.7. The van der Waals surface area contributed by atoms with Crippen molar-refractivity contribution in [3.63, 3.8) is 0 Å². The van der Waals surface area contributed by atoms with E-state index in [4.69, 9.17) is 0 Å². The lowest BCUT2D eigenvalue weighted by molar-refractivity contribution is 0.0989. The Morgan fingerprint density at radius 2 is 1.79 bits per heavy atom. The number of benzene rings is 2. The molecule has 0 radical (unpaired) electrons. The highest BCUT2D eigenvalue weighted by molar-refractivity contribution is 7.92. The minimum atomic E-state index is -3.56. The number of nitrogens with one attached hydrogen (secondary N) is 2. The lowest BCUT2D eigenvalue weighted by atomic mass is 10.1. The van der Waals surface area contributed by atoms with Crippen molar-refractivity contribution in [3.8, 4) is 0 Å². The second-order valence-electron chi connectivity index (χ2n) is 6.61. The zero-order valence-electron chi connectivity index (χ0n) is 15.7. The van der Waals surface area contributed by atoms with Crippen LogP contribution in [0.25, 0.3) is 0 Å². The summed E-state index contributed by atoms with van der Waals surface area (Å²) in [6.45, 7) is 2.16. The maximum Gasteiger partial charge on any atom is 0.258 e. The van der Waals surface area contributed by atoms with Gasteiger partial charge in [-0.2, -0.15) is 0 Å². The Kier molecular flexibility index (Phi) is 5.22. The van der Waals surface area contributed by atoms with Crippen molar-refractivity contribution in [2.45, 2.75) is 18.2 Å². The van der Waals surface area contributed by atoms with E-state index in [-0.39, 0.29) is 10.8 Å². The van der Waals surface area contributed by atoms with Gasteiger partial charge in [0.2, 0.25) is 20.0 Å². The molecule has 0 unspecified atom stereocenters. The molecule has 0 fully saturated rings. The minimum absolute atomic E-state index is 0.151. The SMILES string of the molecule is CNS(=O)(=O)c1ccc2c(c1)CCN2C(=O)c1ccc(C)c(NS(C)(=O)=O)c1. The number of amides is 1. The molecule has 1 heterocycles. The fourth-order valence-electron chi connectivity index (χ4n) is 3.09. The fraction of sp³-hybridized carbons (Fsp3) is 0.278. The summed E-state index contributed by atoms with van der Waals surface area (Å²) in [7, 11) is -5.68. The van der Waals surface area contributed by atoms with Crippen LogP contribution in [0.4, 0.5) is 11.4 Å². The average Bonchev–Trinajstić information content (AvgIpc) is 3.05. The number of fused-ring (bicyclic) bond motifs is 1. The predicted octanol–water partition coefficient (Wildman–Crippen LogP) is 1.48.